The Labute approximate surface area is 124 Å². The van der Waals surface area contributed by atoms with E-state index < -0.39 is 0 Å². The molecule has 1 aromatic carbocycles. The highest BCUT2D eigenvalue weighted by atomic mass is 16.3. The standard InChI is InChI=1S/C15H21N3O3/c1-11(19)17-13-4-2-12(3-5-13)8-16-15(21)10-18-7-6-14(20)9-18/h2-5,14,20H,6-10H2,1H3,(H,16,21)(H,17,19). The second kappa shape index (κ2) is 7.19. The summed E-state index contributed by atoms with van der Waals surface area (Å²) in [7, 11) is 0. The minimum atomic E-state index is -0.306. The van der Waals surface area contributed by atoms with E-state index in [1.54, 1.807) is 12.1 Å². The second-order valence-corrected chi connectivity index (χ2v) is 5.33. The second-order valence-electron chi connectivity index (χ2n) is 5.33. The molecule has 3 N–H and O–H groups in total. The predicted molar refractivity (Wildman–Crippen MR) is 79.7 cm³/mol. The highest BCUT2D eigenvalue weighted by molar-refractivity contribution is 5.88. The third kappa shape index (κ3) is 5.17. The molecular weight excluding hydrogens is 270 g/mol. The van der Waals surface area contributed by atoms with Gasteiger partial charge in [-0.1, -0.05) is 12.1 Å². The average Bonchev–Trinajstić information content (AvgIpc) is 2.83. The molecule has 0 aliphatic carbocycles. The number of benzene rings is 1. The molecule has 1 heterocycles. The number of β-amino-alcohol motifs (C(OH)–C–C–N with tert-alkyl or cyclic N) is 1. The van der Waals surface area contributed by atoms with Crippen LogP contribution in [0.4, 0.5) is 5.69 Å². The van der Waals surface area contributed by atoms with Gasteiger partial charge in [-0.15, -0.1) is 0 Å². The largest absolute Gasteiger partial charge is 0.392 e. The monoisotopic (exact) mass is 291 g/mol. The molecule has 0 radical (unpaired) electrons. The van der Waals surface area contributed by atoms with Crippen LogP contribution >= 0.6 is 0 Å². The summed E-state index contributed by atoms with van der Waals surface area (Å²) in [6.45, 7) is 3.57. The van der Waals surface area contributed by atoms with Gasteiger partial charge in [0.25, 0.3) is 0 Å². The lowest BCUT2D eigenvalue weighted by atomic mass is 10.2. The zero-order chi connectivity index (χ0) is 15.2. The first kappa shape index (κ1) is 15.5. The van der Waals surface area contributed by atoms with Gasteiger partial charge >= 0.3 is 0 Å². The zero-order valence-electron chi connectivity index (χ0n) is 12.1. The minimum absolute atomic E-state index is 0.0463. The number of nitrogens with zero attached hydrogens (tertiary/aromatic N) is 1. The van der Waals surface area contributed by atoms with Crippen molar-refractivity contribution < 1.29 is 14.7 Å². The van der Waals surface area contributed by atoms with Crippen LogP contribution in [-0.4, -0.2) is 47.6 Å². The Morgan fingerprint density at radius 1 is 1.33 bits per heavy atom. The normalized spacial score (nSPS) is 18.5. The molecule has 1 aliphatic rings. The molecule has 1 aliphatic heterocycles. The molecule has 6 heteroatoms. The summed E-state index contributed by atoms with van der Waals surface area (Å²) in [4.78, 5) is 24.7. The van der Waals surface area contributed by atoms with E-state index >= 15 is 0 Å². The van der Waals surface area contributed by atoms with Gasteiger partial charge in [-0.25, -0.2) is 0 Å². The lowest BCUT2D eigenvalue weighted by Gasteiger charge is -2.14. The number of anilines is 1. The summed E-state index contributed by atoms with van der Waals surface area (Å²) >= 11 is 0. The van der Waals surface area contributed by atoms with E-state index in [9.17, 15) is 14.7 Å². The molecule has 2 amide bonds. The van der Waals surface area contributed by atoms with Crippen molar-refractivity contribution in [3.63, 3.8) is 0 Å². The van der Waals surface area contributed by atoms with Gasteiger partial charge in [-0.05, 0) is 24.1 Å². The molecule has 1 aromatic rings. The van der Waals surface area contributed by atoms with Crippen LogP contribution in [0.5, 0.6) is 0 Å². The lowest BCUT2D eigenvalue weighted by Crippen LogP contribution is -2.36. The Hall–Kier alpha value is -1.92. The molecule has 0 saturated carbocycles. The van der Waals surface area contributed by atoms with Crippen LogP contribution in [0.15, 0.2) is 24.3 Å². The number of aliphatic hydroxyl groups is 1. The van der Waals surface area contributed by atoms with Crippen LogP contribution in [0.1, 0.15) is 18.9 Å². The maximum atomic E-state index is 11.8. The first-order chi connectivity index (χ1) is 10.0. The summed E-state index contributed by atoms with van der Waals surface area (Å²) in [6, 6.07) is 7.34. The molecule has 1 unspecified atom stereocenters. The smallest absolute Gasteiger partial charge is 0.234 e. The number of carbonyl (C=O) groups excluding carboxylic acids is 2. The van der Waals surface area contributed by atoms with Crippen LogP contribution in [0, 0.1) is 0 Å². The molecule has 0 aromatic heterocycles. The number of carbonyl (C=O) groups is 2. The van der Waals surface area contributed by atoms with Gasteiger partial charge in [0.2, 0.25) is 11.8 Å². The zero-order valence-corrected chi connectivity index (χ0v) is 12.1. The van der Waals surface area contributed by atoms with Crippen molar-refractivity contribution in [2.75, 3.05) is 25.0 Å². The molecule has 1 saturated heterocycles. The predicted octanol–water partition coefficient (Wildman–Crippen LogP) is 0.328. The molecule has 0 spiro atoms. The fourth-order valence-corrected chi connectivity index (χ4v) is 2.32. The number of hydrogen-bond acceptors (Lipinski definition) is 4. The topological polar surface area (TPSA) is 81.7 Å². The molecule has 21 heavy (non-hydrogen) atoms. The van der Waals surface area contributed by atoms with Gasteiger partial charge in [0, 0.05) is 32.2 Å². The van der Waals surface area contributed by atoms with E-state index in [-0.39, 0.29) is 17.9 Å². The molecule has 2 rings (SSSR count). The Kier molecular flexibility index (Phi) is 5.30. The van der Waals surface area contributed by atoms with E-state index in [4.69, 9.17) is 0 Å². The Bertz CT molecular complexity index is 501. The highest BCUT2D eigenvalue weighted by Crippen LogP contribution is 2.10. The first-order valence-electron chi connectivity index (χ1n) is 7.06. The number of hydrogen-bond donors (Lipinski definition) is 3. The van der Waals surface area contributed by atoms with Crippen molar-refractivity contribution in [3.05, 3.63) is 29.8 Å². The Morgan fingerprint density at radius 3 is 2.62 bits per heavy atom. The van der Waals surface area contributed by atoms with Crippen molar-refractivity contribution in [1.82, 2.24) is 10.2 Å². The number of likely N-dealkylation sites (tertiary alicyclic amines) is 1. The molecule has 6 nitrogen and oxygen atoms in total. The van der Waals surface area contributed by atoms with Crippen molar-refractivity contribution in [3.8, 4) is 0 Å². The van der Waals surface area contributed by atoms with E-state index in [1.807, 2.05) is 17.0 Å². The molecule has 1 fully saturated rings. The molecule has 114 valence electrons. The summed E-state index contributed by atoms with van der Waals surface area (Å²) in [6.07, 6.45) is 0.428. The summed E-state index contributed by atoms with van der Waals surface area (Å²) < 4.78 is 0. The van der Waals surface area contributed by atoms with Crippen LogP contribution < -0.4 is 10.6 Å². The van der Waals surface area contributed by atoms with E-state index in [0.29, 0.717) is 19.6 Å². The number of amides is 2. The lowest BCUT2D eigenvalue weighted by molar-refractivity contribution is -0.122. The number of aliphatic hydroxyl groups excluding tert-OH is 1. The van der Waals surface area contributed by atoms with Gasteiger partial charge in [-0.3, -0.25) is 14.5 Å². The van der Waals surface area contributed by atoms with Crippen LogP contribution in [0.3, 0.4) is 0 Å². The highest BCUT2D eigenvalue weighted by Gasteiger charge is 2.21. The molecule has 1 atom stereocenters. The molecule has 0 bridgehead atoms. The van der Waals surface area contributed by atoms with E-state index in [1.165, 1.54) is 6.92 Å². The van der Waals surface area contributed by atoms with E-state index in [0.717, 1.165) is 24.2 Å². The molecular formula is C15H21N3O3. The van der Waals surface area contributed by atoms with Gasteiger partial charge < -0.3 is 15.7 Å². The third-order valence-corrected chi connectivity index (χ3v) is 3.38. The minimum Gasteiger partial charge on any atom is -0.392 e. The van der Waals surface area contributed by atoms with Gasteiger partial charge in [0.15, 0.2) is 0 Å². The SMILES string of the molecule is CC(=O)Nc1ccc(CNC(=O)CN2CCC(O)C2)cc1. The quantitative estimate of drug-likeness (QED) is 0.730. The Morgan fingerprint density at radius 2 is 2.05 bits per heavy atom. The van der Waals surface area contributed by atoms with Gasteiger partial charge in [0.05, 0.1) is 12.6 Å². The summed E-state index contributed by atoms with van der Waals surface area (Å²) in [5, 5.41) is 14.9. The third-order valence-electron chi connectivity index (χ3n) is 3.38. The number of nitrogens with one attached hydrogen (secondary N) is 2. The average molecular weight is 291 g/mol. The maximum absolute atomic E-state index is 11.8. The fourth-order valence-electron chi connectivity index (χ4n) is 2.32. The van der Waals surface area contributed by atoms with Gasteiger partial charge in [-0.2, -0.15) is 0 Å². The van der Waals surface area contributed by atoms with Gasteiger partial charge in [0.1, 0.15) is 0 Å². The van der Waals surface area contributed by atoms with Crippen LogP contribution in [0.2, 0.25) is 0 Å². The maximum Gasteiger partial charge on any atom is 0.234 e. The summed E-state index contributed by atoms with van der Waals surface area (Å²) in [5.41, 5.74) is 1.71. The van der Waals surface area contributed by atoms with Crippen molar-refractivity contribution in [2.24, 2.45) is 0 Å². The first-order valence-corrected chi connectivity index (χ1v) is 7.06. The van der Waals surface area contributed by atoms with Crippen molar-refractivity contribution >= 4 is 17.5 Å². The van der Waals surface area contributed by atoms with Crippen LogP contribution in [-0.2, 0) is 16.1 Å². The van der Waals surface area contributed by atoms with Crippen molar-refractivity contribution in [2.45, 2.75) is 26.0 Å². The fraction of sp³-hybridized carbons (Fsp3) is 0.467. The van der Waals surface area contributed by atoms with Crippen LogP contribution in [0.25, 0.3) is 0 Å². The Balaban J connectivity index is 1.74. The number of rotatable bonds is 5. The van der Waals surface area contributed by atoms with E-state index in [2.05, 4.69) is 10.6 Å². The van der Waals surface area contributed by atoms with Crippen molar-refractivity contribution in [1.29, 1.82) is 0 Å². The summed E-state index contributed by atoms with van der Waals surface area (Å²) in [5.74, 6) is -0.154.